The van der Waals surface area contributed by atoms with Gasteiger partial charge in [-0.25, -0.2) is 4.39 Å². The molecule has 0 aliphatic carbocycles. The van der Waals surface area contributed by atoms with Crippen molar-refractivity contribution < 1.29 is 27.2 Å². The van der Waals surface area contributed by atoms with Crippen molar-refractivity contribution in [3.8, 4) is 6.07 Å². The number of hydrogen-bond acceptors (Lipinski definition) is 7. The Bertz CT molecular complexity index is 1440. The van der Waals surface area contributed by atoms with Crippen LogP contribution in [0.5, 0.6) is 0 Å². The summed E-state index contributed by atoms with van der Waals surface area (Å²) in [4.78, 5) is 29.9. The Hall–Kier alpha value is -3.40. The first kappa shape index (κ1) is 28.1. The summed E-state index contributed by atoms with van der Waals surface area (Å²) >= 11 is 0.985. The van der Waals surface area contributed by atoms with Gasteiger partial charge in [0.1, 0.15) is 12.0 Å². The van der Waals surface area contributed by atoms with Crippen LogP contribution in [0, 0.1) is 22.6 Å². The minimum Gasteiger partial charge on any atom is -0.350 e. The molecule has 1 unspecified atom stereocenters. The predicted octanol–water partition coefficient (Wildman–Crippen LogP) is 4.21. The maximum atomic E-state index is 15.4. The predicted molar refractivity (Wildman–Crippen MR) is 144 cm³/mol. The molecule has 12 heteroatoms. The van der Waals surface area contributed by atoms with Crippen LogP contribution in [-0.4, -0.2) is 61.4 Å². The van der Waals surface area contributed by atoms with Gasteiger partial charge in [0, 0.05) is 49.9 Å². The number of anilines is 1. The number of amides is 1. The standard InChI is InChI=1S/C28H27F4N5O2S/c1-27(2)22(16-4-6-19(21(29)13-16)25(38)36-10-7-34-8-11-36)23(40-26(27)39)24-35-9-12-37(24)18-5-3-17(15-33)20(14-18)28(30,31)32/h3-6,13-14,24,34-35H,7-12H2,1-2H3. The number of thioether (sulfide) groups is 1. The van der Waals surface area contributed by atoms with Gasteiger partial charge in [0.2, 0.25) is 5.12 Å². The highest BCUT2D eigenvalue weighted by molar-refractivity contribution is 8.17. The minimum atomic E-state index is -4.71. The maximum absolute atomic E-state index is 15.4. The number of hydrogen-bond donors (Lipinski definition) is 2. The zero-order valence-electron chi connectivity index (χ0n) is 21.9. The largest absolute Gasteiger partial charge is 0.417 e. The van der Waals surface area contributed by atoms with Gasteiger partial charge in [-0.15, -0.1) is 0 Å². The number of halogens is 4. The fourth-order valence-electron chi connectivity index (χ4n) is 5.38. The Kier molecular flexibility index (Phi) is 7.41. The first-order chi connectivity index (χ1) is 18.9. The Morgan fingerprint density at radius 2 is 1.82 bits per heavy atom. The van der Waals surface area contributed by atoms with Crippen LogP contribution in [-0.2, 0) is 11.0 Å². The average Bonchev–Trinajstić information content (AvgIpc) is 3.50. The third-order valence-corrected chi connectivity index (χ3v) is 8.83. The third kappa shape index (κ3) is 4.98. The number of piperazine rings is 1. The molecular weight excluding hydrogens is 546 g/mol. The fraction of sp³-hybridized carbons (Fsp3) is 0.393. The third-order valence-electron chi connectivity index (χ3n) is 7.49. The molecule has 0 saturated carbocycles. The van der Waals surface area contributed by atoms with E-state index in [1.807, 2.05) is 0 Å². The van der Waals surface area contributed by atoms with E-state index < -0.39 is 40.6 Å². The maximum Gasteiger partial charge on any atom is 0.417 e. The lowest BCUT2D eigenvalue weighted by atomic mass is 9.80. The molecule has 5 rings (SSSR count). The van der Waals surface area contributed by atoms with Gasteiger partial charge in [-0.2, -0.15) is 18.4 Å². The number of carbonyl (C=O) groups excluding carboxylic acids is 2. The van der Waals surface area contributed by atoms with Crippen LogP contribution in [0.3, 0.4) is 0 Å². The second-order valence-corrected chi connectivity index (χ2v) is 11.4. The lowest BCUT2D eigenvalue weighted by Crippen LogP contribution is -2.46. The Labute approximate surface area is 233 Å². The summed E-state index contributed by atoms with van der Waals surface area (Å²) in [6.07, 6.45) is -5.36. The van der Waals surface area contributed by atoms with Gasteiger partial charge >= 0.3 is 6.18 Å². The average molecular weight is 574 g/mol. The van der Waals surface area contributed by atoms with Crippen LogP contribution in [0.1, 0.15) is 40.9 Å². The molecule has 0 radical (unpaired) electrons. The normalized spacial score (nSPS) is 21.2. The Morgan fingerprint density at radius 1 is 1.10 bits per heavy atom. The zero-order chi connectivity index (χ0) is 28.8. The smallest absolute Gasteiger partial charge is 0.350 e. The van der Waals surface area contributed by atoms with E-state index in [2.05, 4.69) is 10.6 Å². The van der Waals surface area contributed by atoms with Crippen LogP contribution in [0.25, 0.3) is 5.57 Å². The van der Waals surface area contributed by atoms with Crippen LogP contribution >= 0.6 is 11.8 Å². The van der Waals surface area contributed by atoms with E-state index in [1.54, 1.807) is 35.8 Å². The lowest BCUT2D eigenvalue weighted by Gasteiger charge is -2.29. The monoisotopic (exact) mass is 573 g/mol. The van der Waals surface area contributed by atoms with Crippen molar-refractivity contribution in [1.29, 1.82) is 5.26 Å². The van der Waals surface area contributed by atoms with Crippen LogP contribution in [0.15, 0.2) is 41.3 Å². The molecule has 0 aromatic heterocycles. The van der Waals surface area contributed by atoms with Crippen LogP contribution in [0.4, 0.5) is 23.2 Å². The van der Waals surface area contributed by atoms with E-state index in [0.717, 1.165) is 23.9 Å². The number of allylic oxidation sites excluding steroid dienone is 1. The van der Waals surface area contributed by atoms with E-state index in [0.29, 0.717) is 55.3 Å². The molecule has 2 aromatic rings. The molecule has 2 saturated heterocycles. The molecule has 3 aliphatic heterocycles. The Balaban J connectivity index is 1.55. The number of nitriles is 1. The molecular formula is C28H27F4N5O2S. The summed E-state index contributed by atoms with van der Waals surface area (Å²) in [5.74, 6) is -1.10. The summed E-state index contributed by atoms with van der Waals surface area (Å²) in [5.41, 5.74) is -1.36. The topological polar surface area (TPSA) is 88.5 Å². The first-order valence-electron chi connectivity index (χ1n) is 12.8. The second-order valence-electron chi connectivity index (χ2n) is 10.4. The van der Waals surface area contributed by atoms with Crippen molar-refractivity contribution in [2.24, 2.45) is 5.41 Å². The van der Waals surface area contributed by atoms with Crippen LogP contribution in [0.2, 0.25) is 0 Å². The highest BCUT2D eigenvalue weighted by atomic mass is 32.2. The highest BCUT2D eigenvalue weighted by Gasteiger charge is 2.47. The molecule has 40 heavy (non-hydrogen) atoms. The van der Waals surface area contributed by atoms with E-state index in [-0.39, 0.29) is 16.4 Å². The molecule has 1 atom stereocenters. The number of carbonyl (C=O) groups is 2. The van der Waals surface area contributed by atoms with Crippen molar-refractivity contribution in [1.82, 2.24) is 15.5 Å². The van der Waals surface area contributed by atoms with Crippen molar-refractivity contribution in [3.63, 3.8) is 0 Å². The molecule has 210 valence electrons. The molecule has 2 aromatic carbocycles. The van der Waals surface area contributed by atoms with Crippen LogP contribution < -0.4 is 15.5 Å². The van der Waals surface area contributed by atoms with Crippen molar-refractivity contribution in [3.05, 3.63) is 69.4 Å². The van der Waals surface area contributed by atoms with Gasteiger partial charge in [-0.3, -0.25) is 14.9 Å². The van der Waals surface area contributed by atoms with Gasteiger partial charge in [0.25, 0.3) is 5.91 Å². The van der Waals surface area contributed by atoms with Gasteiger partial charge < -0.3 is 15.1 Å². The number of alkyl halides is 3. The van der Waals surface area contributed by atoms with Crippen molar-refractivity contribution in [2.45, 2.75) is 26.2 Å². The molecule has 3 heterocycles. The van der Waals surface area contributed by atoms with Gasteiger partial charge in [0.15, 0.2) is 0 Å². The van der Waals surface area contributed by atoms with E-state index >= 15 is 4.39 Å². The highest BCUT2D eigenvalue weighted by Crippen LogP contribution is 2.53. The quantitative estimate of drug-likeness (QED) is 0.530. The molecule has 7 nitrogen and oxygen atoms in total. The molecule has 1 amide bonds. The van der Waals surface area contributed by atoms with Crippen molar-refractivity contribution >= 4 is 34.0 Å². The summed E-state index contributed by atoms with van der Waals surface area (Å²) in [5, 5.41) is 15.4. The van der Waals surface area contributed by atoms with E-state index in [1.165, 1.54) is 18.2 Å². The summed E-state index contributed by atoms with van der Waals surface area (Å²) in [7, 11) is 0. The number of benzene rings is 2. The minimum absolute atomic E-state index is 0.0551. The van der Waals surface area contributed by atoms with E-state index in [9.17, 15) is 28.0 Å². The number of nitrogens with one attached hydrogen (secondary N) is 2. The zero-order valence-corrected chi connectivity index (χ0v) is 22.7. The second kappa shape index (κ2) is 10.5. The lowest BCUT2D eigenvalue weighted by molar-refractivity contribution is -0.137. The van der Waals surface area contributed by atoms with Gasteiger partial charge in [-0.05, 0) is 55.3 Å². The molecule has 0 bridgehead atoms. The van der Waals surface area contributed by atoms with Crippen molar-refractivity contribution in [2.75, 3.05) is 44.2 Å². The molecule has 2 N–H and O–H groups in total. The first-order valence-corrected chi connectivity index (χ1v) is 13.6. The fourth-order valence-corrected chi connectivity index (χ4v) is 6.74. The SMILES string of the molecule is CC1(C)C(=O)SC(C2NCCN2c2ccc(C#N)c(C(F)(F)F)c2)=C1c1ccc(C(=O)N2CCNCC2)c(F)c1. The molecule has 0 spiro atoms. The van der Waals surface area contributed by atoms with E-state index in [4.69, 9.17) is 0 Å². The van der Waals surface area contributed by atoms with Gasteiger partial charge in [0.05, 0.1) is 28.2 Å². The summed E-state index contributed by atoms with van der Waals surface area (Å²) in [6, 6.07) is 9.45. The number of rotatable bonds is 4. The van der Waals surface area contributed by atoms with Gasteiger partial charge in [-0.1, -0.05) is 17.8 Å². The summed E-state index contributed by atoms with van der Waals surface area (Å²) in [6.45, 7) is 6.45. The molecule has 2 fully saturated rings. The number of nitrogens with zero attached hydrogens (tertiary/aromatic N) is 3. The Morgan fingerprint density at radius 3 is 2.48 bits per heavy atom. The molecule has 3 aliphatic rings. The summed E-state index contributed by atoms with van der Waals surface area (Å²) < 4.78 is 56.4.